The molecule has 114 valence electrons. The zero-order valence-corrected chi connectivity index (χ0v) is 13.1. The van der Waals surface area contributed by atoms with Crippen LogP contribution in [0.4, 0.5) is 0 Å². The summed E-state index contributed by atoms with van der Waals surface area (Å²) >= 11 is 0. The predicted molar refractivity (Wildman–Crippen MR) is 81.7 cm³/mol. The number of hydrogen-bond donors (Lipinski definition) is 1. The van der Waals surface area contributed by atoms with Crippen LogP contribution in [0, 0.1) is 5.92 Å². The van der Waals surface area contributed by atoms with Gasteiger partial charge in [0.05, 0.1) is 6.10 Å². The molecule has 2 unspecified atom stereocenters. The van der Waals surface area contributed by atoms with Gasteiger partial charge in [-0.1, -0.05) is 6.92 Å². The molecule has 1 N–H and O–H groups in total. The first kappa shape index (κ1) is 15.5. The van der Waals surface area contributed by atoms with Crippen LogP contribution in [-0.4, -0.2) is 35.1 Å². The molecule has 0 amide bonds. The maximum Gasteiger partial charge on any atom is 0.0756 e. The van der Waals surface area contributed by atoms with Crippen molar-refractivity contribution in [3.05, 3.63) is 18.0 Å². The van der Waals surface area contributed by atoms with Gasteiger partial charge in [0.1, 0.15) is 0 Å². The third-order valence-electron chi connectivity index (χ3n) is 4.13. The normalized spacial score (nSPS) is 18.1. The molecular formula is C16H29N3O. The number of ether oxygens (including phenoxy) is 1. The average molecular weight is 279 g/mol. The molecule has 1 aliphatic rings. The zero-order chi connectivity index (χ0) is 14.4. The monoisotopic (exact) mass is 279 g/mol. The van der Waals surface area contributed by atoms with Crippen molar-refractivity contribution in [1.29, 1.82) is 0 Å². The Kier molecular flexibility index (Phi) is 6.05. The fraction of sp³-hybridized carbons (Fsp3) is 0.812. The number of aryl methyl sites for hydroxylation is 2. The summed E-state index contributed by atoms with van der Waals surface area (Å²) in [4.78, 5) is 0. The van der Waals surface area contributed by atoms with Crippen molar-refractivity contribution in [1.82, 2.24) is 15.1 Å². The number of aromatic nitrogens is 2. The second-order valence-electron chi connectivity index (χ2n) is 5.80. The largest absolute Gasteiger partial charge is 0.377 e. The Bertz CT molecular complexity index is 387. The van der Waals surface area contributed by atoms with Crippen molar-refractivity contribution in [2.75, 3.05) is 13.2 Å². The van der Waals surface area contributed by atoms with Crippen molar-refractivity contribution >= 4 is 0 Å². The summed E-state index contributed by atoms with van der Waals surface area (Å²) in [5.74, 6) is 0.774. The summed E-state index contributed by atoms with van der Waals surface area (Å²) in [6.07, 6.45) is 8.30. The Labute approximate surface area is 122 Å². The lowest BCUT2D eigenvalue weighted by Crippen LogP contribution is -2.43. The molecule has 4 heteroatoms. The minimum atomic E-state index is 0.389. The minimum absolute atomic E-state index is 0.389. The van der Waals surface area contributed by atoms with Crippen LogP contribution in [0.5, 0.6) is 0 Å². The maximum absolute atomic E-state index is 6.04. The van der Waals surface area contributed by atoms with Gasteiger partial charge in [0.15, 0.2) is 0 Å². The van der Waals surface area contributed by atoms with E-state index < -0.39 is 0 Å². The van der Waals surface area contributed by atoms with Crippen LogP contribution in [0.25, 0.3) is 0 Å². The van der Waals surface area contributed by atoms with Gasteiger partial charge in [0, 0.05) is 31.6 Å². The highest BCUT2D eigenvalue weighted by Crippen LogP contribution is 2.36. The second-order valence-corrected chi connectivity index (χ2v) is 5.80. The number of hydrogen-bond acceptors (Lipinski definition) is 3. The maximum atomic E-state index is 6.04. The number of nitrogens with zero attached hydrogens (tertiary/aromatic N) is 2. The van der Waals surface area contributed by atoms with Gasteiger partial charge in [0.2, 0.25) is 0 Å². The standard InChI is InChI=1S/C16H29N3O/c1-4-11-17-15(16(20-5-2)13-6-7-13)9-8-14-10-12-18-19(14)3/h10,12-13,15-17H,4-9,11H2,1-3H3. The van der Waals surface area contributed by atoms with Gasteiger partial charge >= 0.3 is 0 Å². The molecule has 1 aromatic heterocycles. The molecule has 1 aliphatic carbocycles. The molecule has 0 radical (unpaired) electrons. The third-order valence-corrected chi connectivity index (χ3v) is 4.13. The molecular weight excluding hydrogens is 250 g/mol. The summed E-state index contributed by atoms with van der Waals surface area (Å²) < 4.78 is 8.02. The van der Waals surface area contributed by atoms with Gasteiger partial charge in [-0.15, -0.1) is 0 Å². The molecule has 0 bridgehead atoms. The van der Waals surface area contributed by atoms with E-state index in [0.29, 0.717) is 12.1 Å². The Morgan fingerprint density at radius 1 is 1.45 bits per heavy atom. The van der Waals surface area contributed by atoms with Crippen LogP contribution in [-0.2, 0) is 18.2 Å². The molecule has 1 fully saturated rings. The van der Waals surface area contributed by atoms with E-state index in [0.717, 1.165) is 31.9 Å². The van der Waals surface area contributed by atoms with Crippen molar-refractivity contribution in [2.24, 2.45) is 13.0 Å². The van der Waals surface area contributed by atoms with E-state index in [1.165, 1.54) is 25.0 Å². The van der Waals surface area contributed by atoms with E-state index in [-0.39, 0.29) is 0 Å². The molecule has 0 saturated heterocycles. The van der Waals surface area contributed by atoms with Crippen LogP contribution in [0.1, 0.15) is 45.2 Å². The first-order valence-electron chi connectivity index (χ1n) is 8.08. The van der Waals surface area contributed by atoms with Crippen LogP contribution in [0.3, 0.4) is 0 Å². The van der Waals surface area contributed by atoms with Crippen molar-refractivity contribution in [3.8, 4) is 0 Å². The molecule has 0 aromatic carbocycles. The molecule has 4 nitrogen and oxygen atoms in total. The molecule has 0 spiro atoms. The summed E-state index contributed by atoms with van der Waals surface area (Å²) in [6.45, 7) is 6.22. The molecule has 1 saturated carbocycles. The molecule has 1 heterocycles. The Balaban J connectivity index is 1.92. The van der Waals surface area contributed by atoms with E-state index >= 15 is 0 Å². The first-order valence-corrected chi connectivity index (χ1v) is 8.08. The second kappa shape index (κ2) is 7.79. The molecule has 1 aromatic rings. The van der Waals surface area contributed by atoms with Crippen LogP contribution < -0.4 is 5.32 Å². The van der Waals surface area contributed by atoms with Crippen LogP contribution in [0.2, 0.25) is 0 Å². The van der Waals surface area contributed by atoms with Crippen LogP contribution >= 0.6 is 0 Å². The van der Waals surface area contributed by atoms with E-state index in [2.05, 4.69) is 30.3 Å². The molecule has 0 aliphatic heterocycles. The van der Waals surface area contributed by atoms with Crippen molar-refractivity contribution in [2.45, 2.75) is 58.1 Å². The topological polar surface area (TPSA) is 39.1 Å². The zero-order valence-electron chi connectivity index (χ0n) is 13.1. The SMILES string of the molecule is CCCNC(CCc1ccnn1C)C(OCC)C1CC1. The summed E-state index contributed by atoms with van der Waals surface area (Å²) in [7, 11) is 2.02. The molecule has 2 atom stereocenters. The van der Waals surface area contributed by atoms with Gasteiger partial charge < -0.3 is 10.1 Å². The minimum Gasteiger partial charge on any atom is -0.377 e. The Hall–Kier alpha value is -0.870. The summed E-state index contributed by atoms with van der Waals surface area (Å²) in [5.41, 5.74) is 1.30. The van der Waals surface area contributed by atoms with Gasteiger partial charge in [-0.2, -0.15) is 5.10 Å². The lowest BCUT2D eigenvalue weighted by atomic mass is 10.00. The van der Waals surface area contributed by atoms with E-state index in [4.69, 9.17) is 4.74 Å². The Morgan fingerprint density at radius 3 is 2.80 bits per heavy atom. The fourth-order valence-corrected chi connectivity index (χ4v) is 2.86. The first-order chi connectivity index (χ1) is 9.76. The highest BCUT2D eigenvalue weighted by atomic mass is 16.5. The number of rotatable bonds is 10. The fourth-order valence-electron chi connectivity index (χ4n) is 2.86. The van der Waals surface area contributed by atoms with Crippen molar-refractivity contribution < 1.29 is 4.74 Å². The summed E-state index contributed by atoms with van der Waals surface area (Å²) in [6, 6.07) is 2.58. The van der Waals surface area contributed by atoms with E-state index in [9.17, 15) is 0 Å². The highest BCUT2D eigenvalue weighted by Gasteiger charge is 2.36. The molecule has 20 heavy (non-hydrogen) atoms. The Morgan fingerprint density at radius 2 is 2.25 bits per heavy atom. The predicted octanol–water partition coefficient (Wildman–Crippen LogP) is 2.54. The van der Waals surface area contributed by atoms with Crippen LogP contribution in [0.15, 0.2) is 12.3 Å². The quantitative estimate of drug-likeness (QED) is 0.715. The van der Waals surface area contributed by atoms with E-state index in [1.807, 2.05) is 17.9 Å². The van der Waals surface area contributed by atoms with Gasteiger partial charge in [-0.25, -0.2) is 0 Å². The van der Waals surface area contributed by atoms with E-state index in [1.54, 1.807) is 0 Å². The van der Waals surface area contributed by atoms with Gasteiger partial charge in [-0.05, 0) is 57.6 Å². The number of nitrogens with one attached hydrogen (secondary N) is 1. The molecule has 2 rings (SSSR count). The highest BCUT2D eigenvalue weighted by molar-refractivity contribution is 5.01. The smallest absolute Gasteiger partial charge is 0.0756 e. The third kappa shape index (κ3) is 4.32. The van der Waals surface area contributed by atoms with Crippen molar-refractivity contribution in [3.63, 3.8) is 0 Å². The summed E-state index contributed by atoms with van der Waals surface area (Å²) in [5, 5.41) is 7.95. The van der Waals surface area contributed by atoms with Gasteiger partial charge in [-0.3, -0.25) is 4.68 Å². The average Bonchev–Trinajstić information content (AvgIpc) is 3.21. The van der Waals surface area contributed by atoms with Gasteiger partial charge in [0.25, 0.3) is 0 Å². The lowest BCUT2D eigenvalue weighted by molar-refractivity contribution is 0.0170. The lowest BCUT2D eigenvalue weighted by Gasteiger charge is -2.28.